The molecule has 0 saturated carbocycles. The minimum atomic E-state index is -0.773. The van der Waals surface area contributed by atoms with Crippen molar-refractivity contribution in [2.75, 3.05) is 5.32 Å². The van der Waals surface area contributed by atoms with Gasteiger partial charge in [0.25, 0.3) is 0 Å². The van der Waals surface area contributed by atoms with Crippen molar-refractivity contribution in [3.63, 3.8) is 0 Å². The van der Waals surface area contributed by atoms with Gasteiger partial charge in [0, 0.05) is 6.04 Å². The van der Waals surface area contributed by atoms with E-state index in [0.29, 0.717) is 0 Å². The molecule has 76 valence electrons. The highest BCUT2D eigenvalue weighted by Gasteiger charge is 2.12. The van der Waals surface area contributed by atoms with Gasteiger partial charge >= 0.3 is 11.2 Å². The van der Waals surface area contributed by atoms with Crippen LogP contribution in [0, 0.1) is 10.1 Å². The Labute approximate surface area is 79.3 Å². The van der Waals surface area contributed by atoms with Gasteiger partial charge in [-0.1, -0.05) is 0 Å². The van der Waals surface area contributed by atoms with Crippen LogP contribution in [0.4, 0.5) is 11.6 Å². The molecule has 0 amide bonds. The van der Waals surface area contributed by atoms with Crippen molar-refractivity contribution < 1.29 is 4.92 Å². The molecule has 0 fully saturated rings. The largest absolute Gasteiger partial charge is 0.354 e. The Morgan fingerprint density at radius 1 is 1.64 bits per heavy atom. The Morgan fingerprint density at radius 2 is 2.29 bits per heavy atom. The minimum Gasteiger partial charge on any atom is -0.354 e. The van der Waals surface area contributed by atoms with Gasteiger partial charge in [0.2, 0.25) is 5.95 Å². The van der Waals surface area contributed by atoms with E-state index < -0.39 is 16.2 Å². The van der Waals surface area contributed by atoms with Crippen LogP contribution in [0.1, 0.15) is 13.8 Å². The Morgan fingerprint density at radius 3 is 2.71 bits per heavy atom. The molecular weight excluding hydrogens is 188 g/mol. The van der Waals surface area contributed by atoms with Crippen molar-refractivity contribution in [2.24, 2.45) is 0 Å². The molecule has 1 rings (SSSR count). The Kier molecular flexibility index (Phi) is 2.80. The number of H-pyrrole nitrogens is 1. The van der Waals surface area contributed by atoms with Crippen LogP contribution in [-0.2, 0) is 0 Å². The quantitative estimate of drug-likeness (QED) is 0.544. The summed E-state index contributed by atoms with van der Waals surface area (Å²) in [5.74, 6) is 0.232. The number of hydrogen-bond acceptors (Lipinski definition) is 5. The van der Waals surface area contributed by atoms with E-state index in [4.69, 9.17) is 0 Å². The first-order valence-corrected chi connectivity index (χ1v) is 4.01. The standard InChI is InChI=1S/C7H10N4O3/c1-4(2)9-7-8-3-5(11(13)14)6(12)10-7/h3-4H,1-2H3,(H2,8,9,10,12). The van der Waals surface area contributed by atoms with E-state index in [1.165, 1.54) is 0 Å². The van der Waals surface area contributed by atoms with E-state index in [-0.39, 0.29) is 12.0 Å². The lowest BCUT2D eigenvalue weighted by Gasteiger charge is -2.06. The minimum absolute atomic E-state index is 0.0969. The molecule has 0 spiro atoms. The molecule has 2 N–H and O–H groups in total. The molecule has 1 heterocycles. The first-order valence-electron chi connectivity index (χ1n) is 4.01. The second-order valence-corrected chi connectivity index (χ2v) is 3.00. The number of nitrogens with zero attached hydrogens (tertiary/aromatic N) is 2. The van der Waals surface area contributed by atoms with Gasteiger partial charge in [0.05, 0.1) is 4.92 Å². The van der Waals surface area contributed by atoms with E-state index >= 15 is 0 Å². The first kappa shape index (κ1) is 10.2. The summed E-state index contributed by atoms with van der Waals surface area (Å²) in [6, 6.07) is 0.0969. The first-order chi connectivity index (χ1) is 6.50. The lowest BCUT2D eigenvalue weighted by molar-refractivity contribution is -0.386. The third kappa shape index (κ3) is 2.28. The predicted octanol–water partition coefficient (Wildman–Crippen LogP) is 0.498. The van der Waals surface area contributed by atoms with Crippen molar-refractivity contribution in [1.29, 1.82) is 0 Å². The van der Waals surface area contributed by atoms with E-state index in [2.05, 4.69) is 15.3 Å². The molecule has 14 heavy (non-hydrogen) atoms. The highest BCUT2D eigenvalue weighted by atomic mass is 16.6. The predicted molar refractivity (Wildman–Crippen MR) is 50.3 cm³/mol. The van der Waals surface area contributed by atoms with Crippen LogP contribution in [0.3, 0.4) is 0 Å². The van der Waals surface area contributed by atoms with Gasteiger partial charge in [-0.3, -0.25) is 19.9 Å². The van der Waals surface area contributed by atoms with Crippen LogP contribution in [0.25, 0.3) is 0 Å². The Bertz CT molecular complexity index is 398. The third-order valence-corrected chi connectivity index (χ3v) is 1.40. The lowest BCUT2D eigenvalue weighted by atomic mass is 10.4. The monoisotopic (exact) mass is 198 g/mol. The zero-order valence-electron chi connectivity index (χ0n) is 7.77. The molecule has 0 atom stereocenters. The van der Waals surface area contributed by atoms with Gasteiger partial charge in [-0.05, 0) is 13.8 Å². The topological polar surface area (TPSA) is 101 Å². The molecule has 7 heteroatoms. The van der Waals surface area contributed by atoms with Gasteiger partial charge in [-0.2, -0.15) is 0 Å². The maximum absolute atomic E-state index is 11.1. The molecular formula is C7H10N4O3. The molecule has 0 aliphatic carbocycles. The van der Waals surface area contributed by atoms with Crippen molar-refractivity contribution >= 4 is 11.6 Å². The summed E-state index contributed by atoms with van der Waals surface area (Å²) in [6.07, 6.45) is 0.934. The molecule has 0 aromatic carbocycles. The van der Waals surface area contributed by atoms with Crippen molar-refractivity contribution in [1.82, 2.24) is 9.97 Å². The van der Waals surface area contributed by atoms with Crippen LogP contribution in [-0.4, -0.2) is 20.9 Å². The summed E-state index contributed by atoms with van der Waals surface area (Å²) in [5, 5.41) is 13.1. The normalized spacial score (nSPS) is 10.2. The van der Waals surface area contributed by atoms with Crippen molar-refractivity contribution in [3.8, 4) is 0 Å². The number of nitrogens with one attached hydrogen (secondary N) is 2. The zero-order chi connectivity index (χ0) is 10.7. The summed E-state index contributed by atoms with van der Waals surface area (Å²) in [4.78, 5) is 26.6. The van der Waals surface area contributed by atoms with E-state index in [1.54, 1.807) is 0 Å². The molecule has 0 radical (unpaired) electrons. The SMILES string of the molecule is CC(C)Nc1ncc([N+](=O)[O-])c(=O)[nH]1. The van der Waals surface area contributed by atoms with Gasteiger partial charge < -0.3 is 5.32 Å². The van der Waals surface area contributed by atoms with Crippen molar-refractivity contribution in [2.45, 2.75) is 19.9 Å². The number of hydrogen-bond donors (Lipinski definition) is 2. The summed E-state index contributed by atoms with van der Waals surface area (Å²) in [7, 11) is 0. The number of aromatic amines is 1. The fraction of sp³-hybridized carbons (Fsp3) is 0.429. The molecule has 0 aliphatic heterocycles. The molecule has 0 unspecified atom stereocenters. The van der Waals surface area contributed by atoms with Crippen LogP contribution in [0.5, 0.6) is 0 Å². The fourth-order valence-corrected chi connectivity index (χ4v) is 0.865. The fourth-order valence-electron chi connectivity index (χ4n) is 0.865. The van der Waals surface area contributed by atoms with Crippen LogP contribution < -0.4 is 10.9 Å². The van der Waals surface area contributed by atoms with Gasteiger partial charge in [0.1, 0.15) is 6.20 Å². The van der Waals surface area contributed by atoms with E-state index in [9.17, 15) is 14.9 Å². The van der Waals surface area contributed by atoms with Gasteiger partial charge in [-0.15, -0.1) is 0 Å². The van der Waals surface area contributed by atoms with Gasteiger partial charge in [0.15, 0.2) is 0 Å². The summed E-state index contributed by atoms with van der Waals surface area (Å²) in [6.45, 7) is 3.73. The smallest absolute Gasteiger partial charge is 0.352 e. The number of rotatable bonds is 3. The highest BCUT2D eigenvalue weighted by molar-refractivity contribution is 5.31. The number of anilines is 1. The van der Waals surface area contributed by atoms with E-state index in [0.717, 1.165) is 6.20 Å². The number of nitro groups is 1. The molecule has 0 saturated heterocycles. The maximum atomic E-state index is 11.1. The lowest BCUT2D eigenvalue weighted by Crippen LogP contribution is -2.19. The molecule has 0 aliphatic rings. The van der Waals surface area contributed by atoms with Crippen molar-refractivity contribution in [3.05, 3.63) is 26.7 Å². The summed E-state index contributed by atoms with van der Waals surface area (Å²) in [5.41, 5.74) is -1.31. The molecule has 1 aromatic rings. The second-order valence-electron chi connectivity index (χ2n) is 3.00. The highest BCUT2D eigenvalue weighted by Crippen LogP contribution is 2.02. The third-order valence-electron chi connectivity index (χ3n) is 1.40. The molecule has 7 nitrogen and oxygen atoms in total. The summed E-state index contributed by atoms with van der Waals surface area (Å²) < 4.78 is 0. The molecule has 1 aromatic heterocycles. The van der Waals surface area contributed by atoms with Crippen LogP contribution in [0.2, 0.25) is 0 Å². The second kappa shape index (κ2) is 3.86. The summed E-state index contributed by atoms with van der Waals surface area (Å²) >= 11 is 0. The average molecular weight is 198 g/mol. The van der Waals surface area contributed by atoms with Gasteiger partial charge in [-0.25, -0.2) is 4.98 Å². The Balaban J connectivity index is 3.01. The number of aromatic nitrogens is 2. The van der Waals surface area contributed by atoms with E-state index in [1.807, 2.05) is 13.8 Å². The van der Waals surface area contributed by atoms with Crippen LogP contribution in [0.15, 0.2) is 11.0 Å². The maximum Gasteiger partial charge on any atom is 0.352 e. The zero-order valence-corrected chi connectivity index (χ0v) is 7.77. The van der Waals surface area contributed by atoms with Crippen LogP contribution >= 0.6 is 0 Å². The molecule has 0 bridgehead atoms. The Hall–Kier alpha value is -1.92. The average Bonchev–Trinajstić information content (AvgIpc) is 2.01.